The van der Waals surface area contributed by atoms with Gasteiger partial charge < -0.3 is 0 Å². The number of hydrogen-bond acceptors (Lipinski definition) is 2. The van der Waals surface area contributed by atoms with E-state index in [1.165, 1.54) is 6.07 Å². The monoisotopic (exact) mass is 306 g/mol. The van der Waals surface area contributed by atoms with Gasteiger partial charge in [-0.2, -0.15) is 8.78 Å². The molecule has 0 fully saturated rings. The van der Waals surface area contributed by atoms with Gasteiger partial charge in [0.05, 0.1) is 5.52 Å². The molecule has 0 aliphatic heterocycles. The summed E-state index contributed by atoms with van der Waals surface area (Å²) in [4.78, 5) is 6.82. The standard InChI is InChI=1S/C13H11ClF4N2/c1-2-3-7-4-5-9-8(6-7)10(14)20-12(19-9)13(17,18)11(15)16/h4-6,11H,2-3H2,1H3. The molecular formula is C13H11ClF4N2. The van der Waals surface area contributed by atoms with Crippen LogP contribution in [0.25, 0.3) is 10.9 Å². The molecule has 2 rings (SSSR count). The van der Waals surface area contributed by atoms with E-state index in [4.69, 9.17) is 11.6 Å². The van der Waals surface area contributed by atoms with Crippen LogP contribution in [0.15, 0.2) is 18.2 Å². The smallest absolute Gasteiger partial charge is 0.227 e. The minimum absolute atomic E-state index is 0.125. The molecule has 1 aromatic carbocycles. The zero-order valence-corrected chi connectivity index (χ0v) is 11.3. The maximum atomic E-state index is 13.3. The molecule has 0 aliphatic rings. The first-order valence-corrected chi connectivity index (χ1v) is 6.36. The summed E-state index contributed by atoms with van der Waals surface area (Å²) < 4.78 is 51.1. The fourth-order valence-electron chi connectivity index (χ4n) is 1.83. The first kappa shape index (κ1) is 15.0. The van der Waals surface area contributed by atoms with Crippen molar-refractivity contribution in [3.05, 3.63) is 34.7 Å². The minimum Gasteiger partial charge on any atom is -0.227 e. The Balaban J connectivity index is 2.56. The summed E-state index contributed by atoms with van der Waals surface area (Å²) >= 11 is 5.82. The second kappa shape index (κ2) is 5.52. The Morgan fingerprint density at radius 1 is 1.25 bits per heavy atom. The highest BCUT2D eigenvalue weighted by Gasteiger charge is 2.46. The van der Waals surface area contributed by atoms with Crippen molar-refractivity contribution in [3.8, 4) is 0 Å². The van der Waals surface area contributed by atoms with Crippen molar-refractivity contribution in [2.75, 3.05) is 0 Å². The Morgan fingerprint density at radius 2 is 1.95 bits per heavy atom. The molecule has 1 heterocycles. The summed E-state index contributed by atoms with van der Waals surface area (Å²) in [7, 11) is 0. The van der Waals surface area contributed by atoms with Crippen molar-refractivity contribution in [1.82, 2.24) is 9.97 Å². The maximum absolute atomic E-state index is 13.3. The number of fused-ring (bicyclic) bond motifs is 1. The Morgan fingerprint density at radius 3 is 2.55 bits per heavy atom. The third-order valence-electron chi connectivity index (χ3n) is 2.82. The van der Waals surface area contributed by atoms with Crippen LogP contribution in [-0.2, 0) is 12.3 Å². The second-order valence-electron chi connectivity index (χ2n) is 4.36. The van der Waals surface area contributed by atoms with E-state index in [1.807, 2.05) is 6.92 Å². The minimum atomic E-state index is -4.42. The van der Waals surface area contributed by atoms with Gasteiger partial charge in [0.15, 0.2) is 0 Å². The van der Waals surface area contributed by atoms with Gasteiger partial charge in [-0.1, -0.05) is 31.0 Å². The molecule has 0 unspecified atom stereocenters. The van der Waals surface area contributed by atoms with E-state index in [9.17, 15) is 17.6 Å². The number of benzene rings is 1. The van der Waals surface area contributed by atoms with Crippen molar-refractivity contribution in [2.45, 2.75) is 32.1 Å². The van der Waals surface area contributed by atoms with Gasteiger partial charge in [-0.15, -0.1) is 0 Å². The van der Waals surface area contributed by atoms with Crippen molar-refractivity contribution >= 4 is 22.5 Å². The van der Waals surface area contributed by atoms with E-state index >= 15 is 0 Å². The van der Waals surface area contributed by atoms with Gasteiger partial charge in [-0.05, 0) is 24.1 Å². The van der Waals surface area contributed by atoms with Crippen LogP contribution >= 0.6 is 11.6 Å². The molecule has 0 atom stereocenters. The average molecular weight is 307 g/mol. The fourth-order valence-corrected chi connectivity index (χ4v) is 2.06. The van der Waals surface area contributed by atoms with Crippen molar-refractivity contribution in [2.24, 2.45) is 0 Å². The zero-order chi connectivity index (χ0) is 14.9. The van der Waals surface area contributed by atoms with Crippen molar-refractivity contribution in [1.29, 1.82) is 0 Å². The SMILES string of the molecule is CCCc1ccc2nc(C(F)(F)C(F)F)nc(Cl)c2c1. The molecule has 0 radical (unpaired) electrons. The number of alkyl halides is 4. The van der Waals surface area contributed by atoms with Crippen LogP contribution in [0.1, 0.15) is 24.7 Å². The van der Waals surface area contributed by atoms with Gasteiger partial charge in [0, 0.05) is 5.39 Å². The van der Waals surface area contributed by atoms with E-state index in [0.717, 1.165) is 18.4 Å². The molecule has 0 amide bonds. The van der Waals surface area contributed by atoms with Crippen LogP contribution in [0.5, 0.6) is 0 Å². The molecule has 1 aromatic heterocycles. The molecule has 0 saturated carbocycles. The van der Waals surface area contributed by atoms with Crippen LogP contribution in [0.2, 0.25) is 5.15 Å². The van der Waals surface area contributed by atoms with E-state index < -0.39 is 18.2 Å². The summed E-state index contributed by atoms with van der Waals surface area (Å²) in [5.41, 5.74) is 1.08. The summed E-state index contributed by atoms with van der Waals surface area (Å²) in [5.74, 6) is -5.67. The third-order valence-corrected chi connectivity index (χ3v) is 3.11. The number of halogens is 5. The van der Waals surface area contributed by atoms with Gasteiger partial charge in [-0.3, -0.25) is 0 Å². The van der Waals surface area contributed by atoms with E-state index in [1.54, 1.807) is 12.1 Å². The first-order chi connectivity index (χ1) is 9.36. The van der Waals surface area contributed by atoms with Gasteiger partial charge >= 0.3 is 12.3 Å². The molecule has 108 valence electrons. The van der Waals surface area contributed by atoms with Gasteiger partial charge in [0.25, 0.3) is 0 Å². The molecule has 0 bridgehead atoms. The Hall–Kier alpha value is -1.43. The predicted molar refractivity (Wildman–Crippen MR) is 68.4 cm³/mol. The molecule has 0 spiro atoms. The number of rotatable bonds is 4. The second-order valence-corrected chi connectivity index (χ2v) is 4.72. The fraction of sp³-hybridized carbons (Fsp3) is 0.385. The number of aryl methyl sites for hydroxylation is 1. The van der Waals surface area contributed by atoms with E-state index in [-0.39, 0.29) is 10.7 Å². The molecule has 7 heteroatoms. The predicted octanol–water partition coefficient (Wildman–Crippen LogP) is 4.59. The van der Waals surface area contributed by atoms with E-state index in [0.29, 0.717) is 5.39 Å². The summed E-state index contributed by atoms with van der Waals surface area (Å²) in [5, 5.41) is 0.134. The lowest BCUT2D eigenvalue weighted by Crippen LogP contribution is -2.26. The molecular weight excluding hydrogens is 296 g/mol. The summed E-state index contributed by atoms with van der Waals surface area (Å²) in [6.45, 7) is 1.99. The maximum Gasteiger partial charge on any atom is 0.365 e. The Labute approximate surface area is 117 Å². The summed E-state index contributed by atoms with van der Waals surface area (Å²) in [6.07, 6.45) is -2.18. The lowest BCUT2D eigenvalue weighted by molar-refractivity contribution is -0.140. The van der Waals surface area contributed by atoms with Crippen LogP contribution in [-0.4, -0.2) is 16.4 Å². The Kier molecular flexibility index (Phi) is 4.13. The van der Waals surface area contributed by atoms with Crippen LogP contribution in [0.4, 0.5) is 17.6 Å². The average Bonchev–Trinajstić information content (AvgIpc) is 2.39. The molecule has 0 N–H and O–H groups in total. The van der Waals surface area contributed by atoms with Gasteiger partial charge in [0.1, 0.15) is 5.15 Å². The van der Waals surface area contributed by atoms with Crippen LogP contribution in [0, 0.1) is 0 Å². The zero-order valence-electron chi connectivity index (χ0n) is 10.5. The van der Waals surface area contributed by atoms with Crippen LogP contribution in [0.3, 0.4) is 0 Å². The highest BCUT2D eigenvalue weighted by atomic mass is 35.5. The normalized spacial score (nSPS) is 12.3. The molecule has 0 aliphatic carbocycles. The highest BCUT2D eigenvalue weighted by Crippen LogP contribution is 2.34. The molecule has 2 aromatic rings. The lowest BCUT2D eigenvalue weighted by atomic mass is 10.1. The van der Waals surface area contributed by atoms with Gasteiger partial charge in [-0.25, -0.2) is 18.7 Å². The molecule has 20 heavy (non-hydrogen) atoms. The topological polar surface area (TPSA) is 25.8 Å². The van der Waals surface area contributed by atoms with Gasteiger partial charge in [0.2, 0.25) is 5.82 Å². The third kappa shape index (κ3) is 2.70. The largest absolute Gasteiger partial charge is 0.365 e. The highest BCUT2D eigenvalue weighted by molar-refractivity contribution is 6.34. The summed E-state index contributed by atoms with van der Waals surface area (Å²) in [6, 6.07) is 4.88. The number of nitrogens with zero attached hydrogens (tertiary/aromatic N) is 2. The molecule has 2 nitrogen and oxygen atoms in total. The van der Waals surface area contributed by atoms with Crippen molar-refractivity contribution < 1.29 is 17.6 Å². The Bertz CT molecular complexity index is 631. The molecule has 0 saturated heterocycles. The van der Waals surface area contributed by atoms with E-state index in [2.05, 4.69) is 9.97 Å². The number of hydrogen-bond donors (Lipinski definition) is 0. The lowest BCUT2D eigenvalue weighted by Gasteiger charge is -2.14. The van der Waals surface area contributed by atoms with Crippen LogP contribution < -0.4 is 0 Å². The number of aromatic nitrogens is 2. The quantitative estimate of drug-likeness (QED) is 0.610. The van der Waals surface area contributed by atoms with Crippen molar-refractivity contribution in [3.63, 3.8) is 0 Å². The first-order valence-electron chi connectivity index (χ1n) is 5.99.